The highest BCUT2D eigenvalue weighted by Gasteiger charge is 2.43. The van der Waals surface area contributed by atoms with Gasteiger partial charge in [-0.2, -0.15) is 4.31 Å². The molecule has 28 heavy (non-hydrogen) atoms. The lowest BCUT2D eigenvalue weighted by atomic mass is 9.95. The molecule has 0 fully saturated rings. The third kappa shape index (κ3) is 3.40. The summed E-state index contributed by atoms with van der Waals surface area (Å²) in [5, 5.41) is 20.6. The molecule has 7 heteroatoms. The summed E-state index contributed by atoms with van der Waals surface area (Å²) in [6.45, 7) is 0.138. The highest BCUT2D eigenvalue weighted by molar-refractivity contribution is 7.89. The quantitative estimate of drug-likeness (QED) is 0.708. The van der Waals surface area contributed by atoms with Gasteiger partial charge in [-0.3, -0.25) is 4.98 Å². The van der Waals surface area contributed by atoms with E-state index in [9.17, 15) is 18.6 Å². The van der Waals surface area contributed by atoms with Crippen molar-refractivity contribution in [3.63, 3.8) is 0 Å². The van der Waals surface area contributed by atoms with Crippen molar-refractivity contribution in [2.75, 3.05) is 0 Å². The summed E-state index contributed by atoms with van der Waals surface area (Å²) in [5.41, 5.74) is 2.04. The van der Waals surface area contributed by atoms with Gasteiger partial charge in [-0.25, -0.2) is 8.42 Å². The molecule has 2 unspecified atom stereocenters. The summed E-state index contributed by atoms with van der Waals surface area (Å²) >= 11 is 0. The van der Waals surface area contributed by atoms with E-state index in [1.54, 1.807) is 67.0 Å². The molecule has 144 valence electrons. The second kappa shape index (κ2) is 7.35. The molecule has 0 saturated carbocycles. The number of rotatable bonds is 4. The topological polar surface area (TPSA) is 90.7 Å². The Bertz CT molecular complexity index is 1070. The average molecular weight is 396 g/mol. The van der Waals surface area contributed by atoms with Gasteiger partial charge in [0.2, 0.25) is 10.0 Å². The van der Waals surface area contributed by atoms with Crippen LogP contribution in [0.25, 0.3) is 0 Å². The smallest absolute Gasteiger partial charge is 0.244 e. The summed E-state index contributed by atoms with van der Waals surface area (Å²) in [7, 11) is -3.79. The number of pyridine rings is 1. The number of sulfonamides is 1. The monoisotopic (exact) mass is 396 g/mol. The molecule has 0 radical (unpaired) electrons. The summed E-state index contributed by atoms with van der Waals surface area (Å²) < 4.78 is 28.1. The van der Waals surface area contributed by atoms with Crippen molar-refractivity contribution >= 4 is 10.0 Å². The van der Waals surface area contributed by atoms with Crippen LogP contribution in [0, 0.1) is 0 Å². The van der Waals surface area contributed by atoms with Gasteiger partial charge in [-0.05, 0) is 47.9 Å². The molecule has 2 heterocycles. The maximum absolute atomic E-state index is 13.4. The minimum Gasteiger partial charge on any atom is -0.508 e. The fourth-order valence-electron chi connectivity index (χ4n) is 3.59. The molecular weight excluding hydrogens is 376 g/mol. The van der Waals surface area contributed by atoms with Gasteiger partial charge in [0.15, 0.2) is 0 Å². The van der Waals surface area contributed by atoms with Crippen LogP contribution in [0.15, 0.2) is 78.0 Å². The summed E-state index contributed by atoms with van der Waals surface area (Å²) in [6, 6.07) is 16.0. The van der Waals surface area contributed by atoms with Crippen LogP contribution in [0.1, 0.15) is 22.8 Å². The minimum absolute atomic E-state index is 0.138. The standard InChI is InChI=1S/C21H20N2O4S/c24-17-7-5-15(6-8-17)13-19-21(25)18-3-1-2-4-20(18)28(26,27)23(19)14-16-9-11-22-12-10-16/h1-12,19,21,24-25H,13-14H2. The van der Waals surface area contributed by atoms with Crippen molar-refractivity contribution in [1.82, 2.24) is 9.29 Å². The van der Waals surface area contributed by atoms with Crippen LogP contribution in [0.5, 0.6) is 5.75 Å². The Kier molecular flexibility index (Phi) is 4.89. The number of nitrogens with zero attached hydrogens (tertiary/aromatic N) is 2. The SMILES string of the molecule is O=S1(=O)c2ccccc2C(O)C(Cc2ccc(O)cc2)N1Cc1ccncc1. The molecule has 6 nitrogen and oxygen atoms in total. The fourth-order valence-corrected chi connectivity index (χ4v) is 5.44. The van der Waals surface area contributed by atoms with Crippen LogP contribution in [-0.2, 0) is 23.0 Å². The minimum atomic E-state index is -3.79. The highest BCUT2D eigenvalue weighted by atomic mass is 32.2. The van der Waals surface area contributed by atoms with E-state index in [1.165, 1.54) is 10.4 Å². The maximum atomic E-state index is 13.4. The number of hydrogen-bond donors (Lipinski definition) is 2. The molecule has 2 atom stereocenters. The summed E-state index contributed by atoms with van der Waals surface area (Å²) in [5.74, 6) is 0.138. The zero-order valence-corrected chi connectivity index (χ0v) is 15.8. The molecule has 2 aromatic carbocycles. The molecule has 0 amide bonds. The Morgan fingerprint density at radius 1 is 0.929 bits per heavy atom. The van der Waals surface area contributed by atoms with Gasteiger partial charge < -0.3 is 10.2 Å². The Balaban J connectivity index is 1.78. The predicted molar refractivity (Wildman–Crippen MR) is 104 cm³/mol. The molecule has 1 aliphatic heterocycles. The van der Waals surface area contributed by atoms with Crippen LogP contribution < -0.4 is 0 Å². The second-order valence-electron chi connectivity index (χ2n) is 6.83. The fraction of sp³-hybridized carbons (Fsp3) is 0.190. The maximum Gasteiger partial charge on any atom is 0.244 e. The molecular formula is C21H20N2O4S. The molecule has 1 aromatic heterocycles. The first-order valence-corrected chi connectivity index (χ1v) is 10.4. The third-order valence-corrected chi connectivity index (χ3v) is 6.97. The number of aromatic nitrogens is 1. The molecule has 1 aliphatic rings. The Morgan fingerprint density at radius 2 is 1.61 bits per heavy atom. The predicted octanol–water partition coefficient (Wildman–Crippen LogP) is 2.64. The van der Waals surface area contributed by atoms with Crippen molar-refractivity contribution in [3.05, 3.63) is 89.7 Å². The number of fused-ring (bicyclic) bond motifs is 1. The van der Waals surface area contributed by atoms with Gasteiger partial charge in [0, 0.05) is 24.5 Å². The van der Waals surface area contributed by atoms with Crippen molar-refractivity contribution in [1.29, 1.82) is 0 Å². The lowest BCUT2D eigenvalue weighted by Crippen LogP contribution is -2.48. The molecule has 0 bridgehead atoms. The molecule has 0 aliphatic carbocycles. The van der Waals surface area contributed by atoms with Crippen LogP contribution in [0.3, 0.4) is 0 Å². The van der Waals surface area contributed by atoms with Crippen molar-refractivity contribution in [3.8, 4) is 5.75 Å². The van der Waals surface area contributed by atoms with Crippen molar-refractivity contribution in [2.24, 2.45) is 0 Å². The normalized spacial score (nSPS) is 21.2. The zero-order valence-electron chi connectivity index (χ0n) is 15.0. The highest BCUT2D eigenvalue weighted by Crippen LogP contribution is 2.39. The van der Waals surface area contributed by atoms with E-state index in [0.29, 0.717) is 12.0 Å². The first kappa shape index (κ1) is 18.6. The first-order chi connectivity index (χ1) is 13.5. The van der Waals surface area contributed by atoms with Gasteiger partial charge >= 0.3 is 0 Å². The van der Waals surface area contributed by atoms with Gasteiger partial charge in [-0.15, -0.1) is 0 Å². The van der Waals surface area contributed by atoms with Crippen LogP contribution >= 0.6 is 0 Å². The van der Waals surface area contributed by atoms with Crippen molar-refractivity contribution in [2.45, 2.75) is 30.0 Å². The van der Waals surface area contributed by atoms with Crippen molar-refractivity contribution < 1.29 is 18.6 Å². The van der Waals surface area contributed by atoms with Crippen LogP contribution in [0.4, 0.5) is 0 Å². The lowest BCUT2D eigenvalue weighted by molar-refractivity contribution is 0.0769. The summed E-state index contributed by atoms with van der Waals surface area (Å²) in [6.07, 6.45) is 2.59. The number of aliphatic hydroxyl groups excluding tert-OH is 1. The second-order valence-corrected chi connectivity index (χ2v) is 8.69. The van der Waals surface area contributed by atoms with E-state index < -0.39 is 22.2 Å². The largest absolute Gasteiger partial charge is 0.508 e. The number of hydrogen-bond acceptors (Lipinski definition) is 5. The van der Waals surface area contributed by atoms with E-state index in [2.05, 4.69) is 4.98 Å². The van der Waals surface area contributed by atoms with Crippen LogP contribution in [-0.4, -0.2) is 34.0 Å². The Morgan fingerprint density at radius 3 is 2.32 bits per heavy atom. The average Bonchev–Trinajstić information content (AvgIpc) is 2.71. The molecule has 0 saturated heterocycles. The molecule has 2 N–H and O–H groups in total. The van der Waals surface area contributed by atoms with Gasteiger partial charge in [-0.1, -0.05) is 30.3 Å². The third-order valence-electron chi connectivity index (χ3n) is 5.03. The van der Waals surface area contributed by atoms with E-state index in [-0.39, 0.29) is 17.2 Å². The van der Waals surface area contributed by atoms with E-state index in [1.807, 2.05) is 0 Å². The Labute approximate surface area is 163 Å². The van der Waals surface area contributed by atoms with Crippen LogP contribution in [0.2, 0.25) is 0 Å². The number of benzene rings is 2. The lowest BCUT2D eigenvalue weighted by Gasteiger charge is -2.39. The number of aromatic hydroxyl groups is 1. The molecule has 4 rings (SSSR count). The number of phenols is 1. The van der Waals surface area contributed by atoms with E-state index in [0.717, 1.165) is 11.1 Å². The first-order valence-electron chi connectivity index (χ1n) is 8.92. The van der Waals surface area contributed by atoms with E-state index in [4.69, 9.17) is 0 Å². The van der Waals surface area contributed by atoms with Gasteiger partial charge in [0.1, 0.15) is 5.75 Å². The molecule has 3 aromatic rings. The van der Waals surface area contributed by atoms with Gasteiger partial charge in [0.25, 0.3) is 0 Å². The summed E-state index contributed by atoms with van der Waals surface area (Å²) in [4.78, 5) is 4.12. The molecule has 0 spiro atoms. The number of phenolic OH excluding ortho intramolecular Hbond substituents is 1. The Hall–Kier alpha value is -2.74. The van der Waals surface area contributed by atoms with Gasteiger partial charge in [0.05, 0.1) is 17.0 Å². The zero-order chi connectivity index (χ0) is 19.7. The number of aliphatic hydroxyl groups is 1. The van der Waals surface area contributed by atoms with E-state index >= 15 is 0 Å².